The molecule has 0 aliphatic carbocycles. The maximum absolute atomic E-state index is 5.80. The second-order valence-corrected chi connectivity index (χ2v) is 5.20. The highest BCUT2D eigenvalue weighted by molar-refractivity contribution is 5.74. The zero-order valence-corrected chi connectivity index (χ0v) is 11.7. The summed E-state index contributed by atoms with van der Waals surface area (Å²) in [6.45, 7) is 1.79. The van der Waals surface area contributed by atoms with Crippen molar-refractivity contribution in [2.24, 2.45) is 0 Å². The van der Waals surface area contributed by atoms with Crippen LogP contribution in [0.25, 0.3) is 11.1 Å². The van der Waals surface area contributed by atoms with Crippen molar-refractivity contribution in [2.75, 3.05) is 29.9 Å². The fraction of sp³-hybridized carbons (Fsp3) is 0.267. The largest absolute Gasteiger partial charge is 0.423 e. The van der Waals surface area contributed by atoms with Gasteiger partial charge in [0.15, 0.2) is 5.58 Å². The van der Waals surface area contributed by atoms with Crippen LogP contribution in [-0.2, 0) is 0 Å². The Kier molecular flexibility index (Phi) is 2.73. The Morgan fingerprint density at radius 2 is 2.10 bits per heavy atom. The van der Waals surface area contributed by atoms with Crippen LogP contribution in [0.1, 0.15) is 0 Å². The van der Waals surface area contributed by atoms with Gasteiger partial charge in [0.25, 0.3) is 6.01 Å². The van der Waals surface area contributed by atoms with Gasteiger partial charge in [-0.1, -0.05) is 12.1 Å². The summed E-state index contributed by atoms with van der Waals surface area (Å²) in [4.78, 5) is 17.2. The molecular weight excluding hydrogens is 266 g/mol. The molecule has 106 valence electrons. The summed E-state index contributed by atoms with van der Waals surface area (Å²) in [5, 5.41) is 0. The van der Waals surface area contributed by atoms with Gasteiger partial charge in [-0.2, -0.15) is 4.98 Å². The quantitative estimate of drug-likeness (QED) is 0.731. The number of hydrogen-bond acceptors (Lipinski definition) is 6. The highest BCUT2D eigenvalue weighted by Crippen LogP contribution is 2.26. The Hall–Kier alpha value is -2.63. The molecule has 3 aromatic rings. The fourth-order valence-electron chi connectivity index (χ4n) is 2.51. The molecule has 0 saturated carbocycles. The van der Waals surface area contributed by atoms with E-state index in [1.54, 1.807) is 18.6 Å². The zero-order valence-electron chi connectivity index (χ0n) is 11.7. The Labute approximate surface area is 122 Å². The molecule has 0 radical (unpaired) electrons. The summed E-state index contributed by atoms with van der Waals surface area (Å²) in [6, 6.07) is 8.86. The topological polar surface area (TPSA) is 58.3 Å². The zero-order chi connectivity index (χ0) is 14.2. The van der Waals surface area contributed by atoms with E-state index >= 15 is 0 Å². The van der Waals surface area contributed by atoms with Crippen LogP contribution in [0.4, 0.5) is 11.8 Å². The van der Waals surface area contributed by atoms with Crippen molar-refractivity contribution in [3.8, 4) is 0 Å². The first-order chi connectivity index (χ1) is 10.3. The van der Waals surface area contributed by atoms with Crippen molar-refractivity contribution in [1.82, 2.24) is 15.0 Å². The van der Waals surface area contributed by atoms with Gasteiger partial charge in [0.1, 0.15) is 11.3 Å². The van der Waals surface area contributed by atoms with Gasteiger partial charge >= 0.3 is 0 Å². The van der Waals surface area contributed by atoms with Crippen molar-refractivity contribution < 1.29 is 4.42 Å². The van der Waals surface area contributed by atoms with Crippen molar-refractivity contribution in [1.29, 1.82) is 0 Å². The number of anilines is 2. The third-order valence-corrected chi connectivity index (χ3v) is 3.87. The van der Waals surface area contributed by atoms with Crippen molar-refractivity contribution in [3.05, 3.63) is 42.9 Å². The predicted molar refractivity (Wildman–Crippen MR) is 80.4 cm³/mol. The number of fused-ring (bicyclic) bond motifs is 1. The van der Waals surface area contributed by atoms with Crippen molar-refractivity contribution in [3.63, 3.8) is 0 Å². The lowest BCUT2D eigenvalue weighted by Crippen LogP contribution is -2.59. The van der Waals surface area contributed by atoms with Crippen LogP contribution in [-0.4, -0.2) is 41.1 Å². The minimum atomic E-state index is 0.375. The summed E-state index contributed by atoms with van der Waals surface area (Å²) < 4.78 is 5.80. The molecule has 0 bridgehead atoms. The first-order valence-electron chi connectivity index (χ1n) is 6.90. The van der Waals surface area contributed by atoms with Gasteiger partial charge in [-0.25, -0.2) is 4.98 Å². The van der Waals surface area contributed by atoms with Crippen LogP contribution in [0, 0.1) is 0 Å². The maximum Gasteiger partial charge on any atom is 0.298 e. The van der Waals surface area contributed by atoms with Gasteiger partial charge in [-0.05, 0) is 12.1 Å². The van der Waals surface area contributed by atoms with Gasteiger partial charge in [-0.3, -0.25) is 4.98 Å². The molecule has 1 fully saturated rings. The van der Waals surface area contributed by atoms with Gasteiger partial charge < -0.3 is 14.2 Å². The molecule has 1 aliphatic rings. The van der Waals surface area contributed by atoms with Crippen molar-refractivity contribution in [2.45, 2.75) is 6.04 Å². The van der Waals surface area contributed by atoms with E-state index in [4.69, 9.17) is 4.42 Å². The molecule has 0 spiro atoms. The molecule has 1 aromatic carbocycles. The summed E-state index contributed by atoms with van der Waals surface area (Å²) >= 11 is 0. The standard InChI is InChI=1S/C15H15N5O/c1-19(15-18-12-4-2-3-5-13(12)21-15)11-9-20(10-11)14-8-16-6-7-17-14/h2-8,11H,9-10H2,1H3. The third-order valence-electron chi connectivity index (χ3n) is 3.87. The van der Waals surface area contributed by atoms with Crippen molar-refractivity contribution >= 4 is 22.9 Å². The number of aromatic nitrogens is 3. The van der Waals surface area contributed by atoms with Gasteiger partial charge in [-0.15, -0.1) is 0 Å². The van der Waals surface area contributed by atoms with E-state index in [-0.39, 0.29) is 0 Å². The molecular formula is C15H15N5O. The molecule has 2 aromatic heterocycles. The predicted octanol–water partition coefficient (Wildman–Crippen LogP) is 1.94. The number of likely N-dealkylation sites (N-methyl/N-ethyl adjacent to an activating group) is 1. The van der Waals surface area contributed by atoms with Gasteiger partial charge in [0.05, 0.1) is 12.2 Å². The SMILES string of the molecule is CN(c1nc2ccccc2o1)C1CN(c2cnccn2)C1. The molecule has 1 saturated heterocycles. The number of hydrogen-bond donors (Lipinski definition) is 0. The molecule has 4 rings (SSSR count). The number of oxazole rings is 1. The summed E-state index contributed by atoms with van der Waals surface area (Å²) in [5.41, 5.74) is 1.72. The van der Waals surface area contributed by atoms with Gasteiger partial charge in [0, 0.05) is 32.5 Å². The second kappa shape index (κ2) is 4.73. The number of benzene rings is 1. The third kappa shape index (κ3) is 2.08. The minimum Gasteiger partial charge on any atom is -0.423 e. The first-order valence-corrected chi connectivity index (χ1v) is 6.90. The van der Waals surface area contributed by atoms with Crippen LogP contribution in [0.15, 0.2) is 47.3 Å². The summed E-state index contributed by atoms with van der Waals surface area (Å²) in [7, 11) is 2.02. The van der Waals surface area contributed by atoms with Crippen LogP contribution < -0.4 is 9.80 Å². The number of rotatable bonds is 3. The Morgan fingerprint density at radius 1 is 1.24 bits per heavy atom. The normalized spacial score (nSPS) is 15.2. The molecule has 21 heavy (non-hydrogen) atoms. The molecule has 0 amide bonds. The van der Waals surface area contributed by atoms with E-state index in [1.165, 1.54) is 0 Å². The average Bonchev–Trinajstić information content (AvgIpc) is 2.90. The van der Waals surface area contributed by atoms with E-state index in [0.29, 0.717) is 12.1 Å². The van der Waals surface area contributed by atoms with Gasteiger partial charge in [0.2, 0.25) is 0 Å². The molecule has 6 heteroatoms. The molecule has 0 atom stereocenters. The second-order valence-electron chi connectivity index (χ2n) is 5.20. The fourth-order valence-corrected chi connectivity index (χ4v) is 2.51. The summed E-state index contributed by atoms with van der Waals surface area (Å²) in [5.74, 6) is 0.916. The lowest BCUT2D eigenvalue weighted by Gasteiger charge is -2.43. The number of nitrogens with zero attached hydrogens (tertiary/aromatic N) is 5. The van der Waals surface area contributed by atoms with E-state index in [2.05, 4.69) is 24.8 Å². The van der Waals surface area contributed by atoms with Crippen LogP contribution in [0.3, 0.4) is 0 Å². The Morgan fingerprint density at radius 3 is 2.86 bits per heavy atom. The maximum atomic E-state index is 5.80. The first kappa shape index (κ1) is 12.1. The van der Waals surface area contributed by atoms with Crippen LogP contribution >= 0.6 is 0 Å². The highest BCUT2D eigenvalue weighted by Gasteiger charge is 2.33. The van der Waals surface area contributed by atoms with E-state index in [0.717, 1.165) is 30.0 Å². The Balaban J connectivity index is 1.48. The smallest absolute Gasteiger partial charge is 0.298 e. The lowest BCUT2D eigenvalue weighted by atomic mass is 10.1. The summed E-state index contributed by atoms with van der Waals surface area (Å²) in [6.07, 6.45) is 5.19. The van der Waals surface area contributed by atoms with Crippen LogP contribution in [0.5, 0.6) is 0 Å². The number of para-hydroxylation sites is 2. The van der Waals surface area contributed by atoms with Crippen LogP contribution in [0.2, 0.25) is 0 Å². The monoisotopic (exact) mass is 281 g/mol. The Bertz CT molecular complexity index is 718. The molecule has 6 nitrogen and oxygen atoms in total. The minimum absolute atomic E-state index is 0.375. The molecule has 3 heterocycles. The molecule has 0 N–H and O–H groups in total. The van der Waals surface area contributed by atoms with E-state index in [1.807, 2.05) is 31.3 Å². The van der Waals surface area contributed by atoms with E-state index in [9.17, 15) is 0 Å². The molecule has 1 aliphatic heterocycles. The van der Waals surface area contributed by atoms with E-state index < -0.39 is 0 Å². The lowest BCUT2D eigenvalue weighted by molar-refractivity contribution is 0.457. The molecule has 0 unspecified atom stereocenters. The average molecular weight is 281 g/mol. The highest BCUT2D eigenvalue weighted by atomic mass is 16.4.